The lowest BCUT2D eigenvalue weighted by Gasteiger charge is -2.25. The third kappa shape index (κ3) is 3.47. The van der Waals surface area contributed by atoms with Crippen LogP contribution in [0.15, 0.2) is 84.9 Å². The summed E-state index contributed by atoms with van der Waals surface area (Å²) in [5.41, 5.74) is 3.44. The Labute approximate surface area is 158 Å². The summed E-state index contributed by atoms with van der Waals surface area (Å²) in [6.07, 6.45) is 0.523. The van der Waals surface area contributed by atoms with Gasteiger partial charge < -0.3 is 5.32 Å². The molecule has 0 aromatic heterocycles. The molecule has 27 heavy (non-hydrogen) atoms. The molecule has 4 heteroatoms. The summed E-state index contributed by atoms with van der Waals surface area (Å²) in [7, 11) is 0. The van der Waals surface area contributed by atoms with Gasteiger partial charge in [0.25, 0.3) is 5.91 Å². The molecule has 0 aliphatic carbocycles. The standard InChI is InChI=1S/C23H20N2O2/c26-22(24-16-17-9-3-1-4-10-17)21-15-19-13-7-8-14-20(19)25(21)23(27)18-11-5-2-6-12-18/h1-14,21H,15-16H2,(H,24,26)/t21-/m1/s1. The van der Waals surface area contributed by atoms with E-state index in [1.165, 1.54) is 0 Å². The maximum absolute atomic E-state index is 13.1. The van der Waals surface area contributed by atoms with Crippen LogP contribution in [0.25, 0.3) is 0 Å². The van der Waals surface area contributed by atoms with Crippen LogP contribution in [0, 0.1) is 0 Å². The number of hydrogen-bond acceptors (Lipinski definition) is 2. The highest BCUT2D eigenvalue weighted by Crippen LogP contribution is 2.33. The van der Waals surface area contributed by atoms with Gasteiger partial charge in [0.2, 0.25) is 5.91 Å². The van der Waals surface area contributed by atoms with Crippen LogP contribution in [0.4, 0.5) is 5.69 Å². The number of anilines is 1. The van der Waals surface area contributed by atoms with Crippen molar-refractivity contribution >= 4 is 17.5 Å². The molecule has 0 fully saturated rings. The minimum atomic E-state index is -0.543. The number of para-hydroxylation sites is 1. The Balaban J connectivity index is 1.59. The first-order valence-electron chi connectivity index (χ1n) is 9.02. The van der Waals surface area contributed by atoms with Gasteiger partial charge in [0.1, 0.15) is 6.04 Å². The summed E-state index contributed by atoms with van der Waals surface area (Å²) in [6, 6.07) is 26.0. The van der Waals surface area contributed by atoms with Gasteiger partial charge in [0.05, 0.1) is 0 Å². The molecule has 0 radical (unpaired) electrons. The van der Waals surface area contributed by atoms with E-state index in [1.54, 1.807) is 17.0 Å². The molecule has 0 unspecified atom stereocenters. The van der Waals surface area contributed by atoms with E-state index in [1.807, 2.05) is 72.8 Å². The van der Waals surface area contributed by atoms with Crippen molar-refractivity contribution in [3.05, 3.63) is 102 Å². The van der Waals surface area contributed by atoms with E-state index in [4.69, 9.17) is 0 Å². The average molecular weight is 356 g/mol. The third-order valence-corrected chi connectivity index (χ3v) is 4.83. The van der Waals surface area contributed by atoms with E-state index in [0.29, 0.717) is 18.5 Å². The summed E-state index contributed by atoms with van der Waals surface area (Å²) in [5, 5.41) is 2.98. The topological polar surface area (TPSA) is 49.4 Å². The largest absolute Gasteiger partial charge is 0.350 e. The van der Waals surface area contributed by atoms with E-state index in [0.717, 1.165) is 16.8 Å². The molecule has 134 valence electrons. The summed E-state index contributed by atoms with van der Waals surface area (Å²) < 4.78 is 0. The van der Waals surface area contributed by atoms with E-state index in [2.05, 4.69) is 5.32 Å². The minimum Gasteiger partial charge on any atom is -0.350 e. The minimum absolute atomic E-state index is 0.140. The number of carbonyl (C=O) groups excluding carboxylic acids is 2. The van der Waals surface area contributed by atoms with Crippen molar-refractivity contribution in [3.8, 4) is 0 Å². The van der Waals surface area contributed by atoms with Gasteiger partial charge in [-0.05, 0) is 29.3 Å². The molecular formula is C23H20N2O2. The first kappa shape index (κ1) is 17.0. The molecule has 1 aliphatic heterocycles. The summed E-state index contributed by atoms with van der Waals surface area (Å²) in [4.78, 5) is 27.7. The van der Waals surface area contributed by atoms with Gasteiger partial charge >= 0.3 is 0 Å². The number of carbonyl (C=O) groups is 2. The first-order valence-corrected chi connectivity index (χ1v) is 9.02. The molecule has 1 atom stereocenters. The average Bonchev–Trinajstić information content (AvgIpc) is 3.12. The number of nitrogens with zero attached hydrogens (tertiary/aromatic N) is 1. The zero-order chi connectivity index (χ0) is 18.6. The molecular weight excluding hydrogens is 336 g/mol. The van der Waals surface area contributed by atoms with Gasteiger partial charge in [-0.25, -0.2) is 0 Å². The van der Waals surface area contributed by atoms with Crippen molar-refractivity contribution in [1.82, 2.24) is 5.32 Å². The van der Waals surface area contributed by atoms with Crippen LogP contribution >= 0.6 is 0 Å². The number of fused-ring (bicyclic) bond motifs is 1. The number of hydrogen-bond donors (Lipinski definition) is 1. The zero-order valence-corrected chi connectivity index (χ0v) is 14.8. The van der Waals surface area contributed by atoms with Crippen molar-refractivity contribution in [1.29, 1.82) is 0 Å². The Morgan fingerprint density at radius 1 is 0.852 bits per heavy atom. The highest BCUT2D eigenvalue weighted by molar-refractivity contribution is 6.11. The molecule has 2 amide bonds. The second-order valence-corrected chi connectivity index (χ2v) is 6.59. The molecule has 3 aromatic rings. The van der Waals surface area contributed by atoms with E-state index in [-0.39, 0.29) is 11.8 Å². The Kier molecular flexibility index (Phi) is 4.71. The van der Waals surface area contributed by atoms with Crippen molar-refractivity contribution < 1.29 is 9.59 Å². The van der Waals surface area contributed by atoms with Gasteiger partial charge in [0, 0.05) is 24.2 Å². The van der Waals surface area contributed by atoms with Crippen LogP contribution in [-0.4, -0.2) is 17.9 Å². The van der Waals surface area contributed by atoms with Crippen LogP contribution in [0.2, 0.25) is 0 Å². The van der Waals surface area contributed by atoms with Gasteiger partial charge in [-0.3, -0.25) is 14.5 Å². The normalized spacial score (nSPS) is 15.3. The monoisotopic (exact) mass is 356 g/mol. The molecule has 4 nitrogen and oxygen atoms in total. The summed E-state index contributed by atoms with van der Waals surface area (Å²) in [6.45, 7) is 0.444. The smallest absolute Gasteiger partial charge is 0.259 e. The van der Waals surface area contributed by atoms with Crippen LogP contribution in [0.3, 0.4) is 0 Å². The number of amides is 2. The maximum Gasteiger partial charge on any atom is 0.259 e. The highest BCUT2D eigenvalue weighted by Gasteiger charge is 2.38. The van der Waals surface area contributed by atoms with Crippen molar-refractivity contribution in [2.75, 3.05) is 4.90 Å². The molecule has 0 bridgehead atoms. The Morgan fingerprint density at radius 3 is 2.22 bits per heavy atom. The van der Waals surface area contributed by atoms with Gasteiger partial charge in [-0.2, -0.15) is 0 Å². The van der Waals surface area contributed by atoms with Crippen LogP contribution in [0.1, 0.15) is 21.5 Å². The van der Waals surface area contributed by atoms with Crippen molar-refractivity contribution in [2.45, 2.75) is 19.0 Å². The lowest BCUT2D eigenvalue weighted by molar-refractivity contribution is -0.122. The number of benzene rings is 3. The third-order valence-electron chi connectivity index (χ3n) is 4.83. The zero-order valence-electron chi connectivity index (χ0n) is 14.8. The number of rotatable bonds is 4. The fraction of sp³-hybridized carbons (Fsp3) is 0.130. The lowest BCUT2D eigenvalue weighted by Crippen LogP contribution is -2.47. The van der Waals surface area contributed by atoms with E-state index >= 15 is 0 Å². The molecule has 1 aliphatic rings. The second-order valence-electron chi connectivity index (χ2n) is 6.59. The lowest BCUT2D eigenvalue weighted by atomic mass is 10.1. The predicted molar refractivity (Wildman–Crippen MR) is 105 cm³/mol. The van der Waals surface area contributed by atoms with Gasteiger partial charge in [-0.1, -0.05) is 66.7 Å². The van der Waals surface area contributed by atoms with E-state index < -0.39 is 6.04 Å². The summed E-state index contributed by atoms with van der Waals surface area (Å²) >= 11 is 0. The Morgan fingerprint density at radius 2 is 1.48 bits per heavy atom. The van der Waals surface area contributed by atoms with Crippen molar-refractivity contribution in [2.24, 2.45) is 0 Å². The van der Waals surface area contributed by atoms with E-state index in [9.17, 15) is 9.59 Å². The van der Waals surface area contributed by atoms with Crippen LogP contribution in [-0.2, 0) is 17.8 Å². The molecule has 0 saturated carbocycles. The first-order chi connectivity index (χ1) is 13.2. The Hall–Kier alpha value is -3.40. The van der Waals surface area contributed by atoms with Gasteiger partial charge in [-0.15, -0.1) is 0 Å². The van der Waals surface area contributed by atoms with Crippen LogP contribution in [0.5, 0.6) is 0 Å². The SMILES string of the molecule is O=C(NCc1ccccc1)[C@H]1Cc2ccccc2N1C(=O)c1ccccc1. The highest BCUT2D eigenvalue weighted by atomic mass is 16.2. The Bertz CT molecular complexity index is 954. The number of nitrogens with one attached hydrogen (secondary N) is 1. The second kappa shape index (κ2) is 7.46. The molecule has 1 N–H and O–H groups in total. The fourth-order valence-corrected chi connectivity index (χ4v) is 3.47. The molecule has 0 spiro atoms. The summed E-state index contributed by atoms with van der Waals surface area (Å²) in [5.74, 6) is -0.292. The molecule has 3 aromatic carbocycles. The molecule has 0 saturated heterocycles. The molecule has 1 heterocycles. The fourth-order valence-electron chi connectivity index (χ4n) is 3.47. The molecule has 4 rings (SSSR count). The quantitative estimate of drug-likeness (QED) is 0.777. The van der Waals surface area contributed by atoms with Crippen molar-refractivity contribution in [3.63, 3.8) is 0 Å². The maximum atomic E-state index is 13.1. The predicted octanol–water partition coefficient (Wildman–Crippen LogP) is 3.57. The van der Waals surface area contributed by atoms with Gasteiger partial charge in [0.15, 0.2) is 0 Å². The van der Waals surface area contributed by atoms with Crippen LogP contribution < -0.4 is 10.2 Å².